The second-order valence-corrected chi connectivity index (χ2v) is 10.7. The van der Waals surface area contributed by atoms with Gasteiger partial charge < -0.3 is 4.74 Å². The Morgan fingerprint density at radius 1 is 1.05 bits per heavy atom. The number of hydrogen-bond donors (Lipinski definition) is 0. The smallest absolute Gasteiger partial charge is 0.416 e. The van der Waals surface area contributed by atoms with Gasteiger partial charge in [0.15, 0.2) is 4.32 Å². The fourth-order valence-electron chi connectivity index (χ4n) is 3.22. The zero-order chi connectivity index (χ0) is 27.1. The number of rotatable bonds is 5. The normalized spacial score (nSPS) is 15.0. The molecule has 6 nitrogen and oxygen atoms in total. The van der Waals surface area contributed by atoms with Crippen molar-refractivity contribution in [3.8, 4) is 11.5 Å². The van der Waals surface area contributed by atoms with Crippen LogP contribution in [0.25, 0.3) is 6.08 Å². The lowest BCUT2D eigenvalue weighted by Crippen LogP contribution is -2.27. The van der Waals surface area contributed by atoms with E-state index in [0.717, 1.165) is 17.8 Å². The summed E-state index contributed by atoms with van der Waals surface area (Å²) in [6.07, 6.45) is -3.30. The minimum absolute atomic E-state index is 0.0610. The van der Waals surface area contributed by atoms with Crippen molar-refractivity contribution in [2.45, 2.75) is 6.18 Å². The van der Waals surface area contributed by atoms with E-state index < -0.39 is 34.0 Å². The van der Waals surface area contributed by atoms with Crippen LogP contribution >= 0.6 is 63.1 Å². The van der Waals surface area contributed by atoms with Crippen molar-refractivity contribution in [3.63, 3.8) is 0 Å². The monoisotopic (exact) mass is 648 g/mol. The summed E-state index contributed by atoms with van der Waals surface area (Å²) in [7, 11) is 0. The predicted molar refractivity (Wildman–Crippen MR) is 144 cm³/mol. The molecule has 190 valence electrons. The quantitative estimate of drug-likeness (QED) is 0.119. The third kappa shape index (κ3) is 5.93. The van der Waals surface area contributed by atoms with Crippen molar-refractivity contribution < 1.29 is 27.6 Å². The molecule has 3 aromatic carbocycles. The average molecular weight is 650 g/mol. The van der Waals surface area contributed by atoms with Gasteiger partial charge in [-0.15, -0.1) is 0 Å². The summed E-state index contributed by atoms with van der Waals surface area (Å²) >= 11 is 21.7. The number of nitrogens with zero attached hydrogens (tertiary/aromatic N) is 2. The molecule has 37 heavy (non-hydrogen) atoms. The lowest BCUT2D eigenvalue weighted by Gasteiger charge is -2.15. The number of ether oxygens (including phenoxy) is 1. The van der Waals surface area contributed by atoms with E-state index in [-0.39, 0.29) is 20.0 Å². The molecule has 0 N–H and O–H groups in total. The van der Waals surface area contributed by atoms with E-state index in [9.17, 15) is 28.1 Å². The Bertz CT molecular complexity index is 1500. The van der Waals surface area contributed by atoms with Crippen LogP contribution in [0.4, 0.5) is 24.5 Å². The number of thioether (sulfide) groups is 1. The molecule has 1 fully saturated rings. The minimum atomic E-state index is -4.77. The summed E-state index contributed by atoms with van der Waals surface area (Å²) in [6.45, 7) is 0. The highest BCUT2D eigenvalue weighted by molar-refractivity contribution is 9.10. The van der Waals surface area contributed by atoms with E-state index >= 15 is 0 Å². The van der Waals surface area contributed by atoms with Crippen LogP contribution in [0.3, 0.4) is 0 Å². The van der Waals surface area contributed by atoms with Crippen molar-refractivity contribution in [3.05, 3.63) is 95.3 Å². The molecule has 0 aliphatic carbocycles. The first-order valence-corrected chi connectivity index (χ1v) is 12.7. The number of carbonyl (C=O) groups is 1. The molecule has 1 aliphatic heterocycles. The average Bonchev–Trinajstić information content (AvgIpc) is 3.09. The van der Waals surface area contributed by atoms with Crippen LogP contribution in [0.1, 0.15) is 11.1 Å². The summed E-state index contributed by atoms with van der Waals surface area (Å²) in [5.74, 6) is -0.802. The van der Waals surface area contributed by atoms with E-state index in [1.54, 1.807) is 18.2 Å². The molecule has 0 atom stereocenters. The molecule has 1 saturated heterocycles. The van der Waals surface area contributed by atoms with Crippen molar-refractivity contribution >= 4 is 90.8 Å². The van der Waals surface area contributed by atoms with Gasteiger partial charge in [0, 0.05) is 16.1 Å². The number of nitro benzene ring substituents is 1. The largest absolute Gasteiger partial charge is 0.449 e. The van der Waals surface area contributed by atoms with Gasteiger partial charge in [0.2, 0.25) is 5.75 Å². The van der Waals surface area contributed by atoms with Gasteiger partial charge in [-0.25, -0.2) is 0 Å². The van der Waals surface area contributed by atoms with Crippen LogP contribution in [-0.2, 0) is 11.0 Å². The maximum Gasteiger partial charge on any atom is 0.416 e. The highest BCUT2D eigenvalue weighted by atomic mass is 79.9. The second kappa shape index (κ2) is 10.6. The van der Waals surface area contributed by atoms with E-state index in [1.165, 1.54) is 29.2 Å². The van der Waals surface area contributed by atoms with Crippen LogP contribution in [0.15, 0.2) is 64.0 Å². The number of anilines is 1. The van der Waals surface area contributed by atoms with Gasteiger partial charge in [0.1, 0.15) is 5.75 Å². The molecule has 1 aliphatic rings. The molecule has 0 aromatic heterocycles. The van der Waals surface area contributed by atoms with Crippen LogP contribution in [0.5, 0.6) is 11.5 Å². The Balaban J connectivity index is 1.71. The Labute approximate surface area is 235 Å². The van der Waals surface area contributed by atoms with Gasteiger partial charge in [-0.1, -0.05) is 63.1 Å². The molecule has 14 heteroatoms. The standard InChI is InChI=1S/C23H10BrCl2F3N2O4S2/c24-13-2-6-18(35-19-5-1-12(23(27,28)29)9-17(19)31(33)34)11(7-13)8-20-21(32)30(22(36)37-20)14-3-4-15(25)16(26)10-14/h1-10H/b20-8-. The van der Waals surface area contributed by atoms with E-state index in [0.29, 0.717) is 32.9 Å². The number of benzene rings is 3. The first-order valence-electron chi connectivity index (χ1n) is 9.91. The van der Waals surface area contributed by atoms with Gasteiger partial charge in [0.25, 0.3) is 5.91 Å². The Kier molecular flexibility index (Phi) is 7.86. The van der Waals surface area contributed by atoms with Gasteiger partial charge in [-0.3, -0.25) is 19.8 Å². The Morgan fingerprint density at radius 3 is 2.41 bits per heavy atom. The van der Waals surface area contributed by atoms with E-state index in [2.05, 4.69) is 15.9 Å². The fraction of sp³-hybridized carbons (Fsp3) is 0.0435. The zero-order valence-electron chi connectivity index (χ0n) is 17.9. The molecule has 0 spiro atoms. The number of hydrogen-bond acceptors (Lipinski definition) is 6. The van der Waals surface area contributed by atoms with Crippen LogP contribution in [0.2, 0.25) is 10.0 Å². The third-order valence-electron chi connectivity index (χ3n) is 4.92. The SMILES string of the molecule is O=C1/C(=C/c2cc(Br)ccc2Oc2ccc(C(F)(F)F)cc2[N+](=O)[O-])SC(=S)N1c1ccc(Cl)c(Cl)c1. The summed E-state index contributed by atoms with van der Waals surface area (Å²) in [5.41, 5.74) is -1.33. The molecule has 0 unspecified atom stereocenters. The topological polar surface area (TPSA) is 72.7 Å². The maximum atomic E-state index is 13.2. The van der Waals surface area contributed by atoms with Gasteiger partial charge >= 0.3 is 11.9 Å². The maximum absolute atomic E-state index is 13.2. The highest BCUT2D eigenvalue weighted by Gasteiger charge is 2.35. The number of nitro groups is 1. The Hall–Kier alpha value is -2.64. The Morgan fingerprint density at radius 2 is 1.76 bits per heavy atom. The third-order valence-corrected chi connectivity index (χ3v) is 7.45. The first kappa shape index (κ1) is 27.4. The molecule has 4 rings (SSSR count). The van der Waals surface area contributed by atoms with Crippen LogP contribution in [-0.4, -0.2) is 15.2 Å². The van der Waals surface area contributed by atoms with Crippen molar-refractivity contribution in [1.29, 1.82) is 0 Å². The predicted octanol–water partition coefficient (Wildman–Crippen LogP) is 8.88. The summed E-state index contributed by atoms with van der Waals surface area (Å²) < 4.78 is 45.6. The summed E-state index contributed by atoms with van der Waals surface area (Å²) in [6, 6.07) is 11.2. The molecular weight excluding hydrogens is 640 g/mol. The number of halogens is 6. The highest BCUT2D eigenvalue weighted by Crippen LogP contribution is 2.42. The van der Waals surface area contributed by atoms with Gasteiger partial charge in [-0.05, 0) is 54.6 Å². The second-order valence-electron chi connectivity index (χ2n) is 7.34. The van der Waals surface area contributed by atoms with Crippen molar-refractivity contribution in [2.75, 3.05) is 4.90 Å². The molecule has 0 bridgehead atoms. The number of amides is 1. The van der Waals surface area contributed by atoms with Gasteiger partial charge in [0.05, 0.1) is 31.1 Å². The molecule has 0 saturated carbocycles. The van der Waals surface area contributed by atoms with Crippen molar-refractivity contribution in [1.82, 2.24) is 0 Å². The molecular formula is C23H10BrCl2F3N2O4S2. The minimum Gasteiger partial charge on any atom is -0.449 e. The fourth-order valence-corrected chi connectivity index (χ4v) is 5.18. The summed E-state index contributed by atoms with van der Waals surface area (Å²) in [4.78, 5) is 25.1. The lowest BCUT2D eigenvalue weighted by atomic mass is 10.1. The zero-order valence-corrected chi connectivity index (χ0v) is 22.6. The summed E-state index contributed by atoms with van der Waals surface area (Å²) in [5, 5.41) is 12.0. The van der Waals surface area contributed by atoms with Crippen molar-refractivity contribution in [2.24, 2.45) is 0 Å². The number of thiocarbonyl (C=S) groups is 1. The molecule has 3 aromatic rings. The lowest BCUT2D eigenvalue weighted by molar-refractivity contribution is -0.385. The first-order chi connectivity index (χ1) is 17.3. The van der Waals surface area contributed by atoms with Crippen LogP contribution in [0, 0.1) is 10.1 Å². The van der Waals surface area contributed by atoms with Crippen LogP contribution < -0.4 is 9.64 Å². The molecule has 0 radical (unpaired) electrons. The molecule has 1 amide bonds. The van der Waals surface area contributed by atoms with E-state index in [4.69, 9.17) is 40.2 Å². The molecule has 1 heterocycles. The number of carbonyl (C=O) groups excluding carboxylic acids is 1. The number of alkyl halides is 3. The van der Waals surface area contributed by atoms with Gasteiger partial charge in [-0.2, -0.15) is 13.2 Å². The van der Waals surface area contributed by atoms with E-state index in [1.807, 2.05) is 0 Å².